The number of nitrogens with zero attached hydrogens (tertiary/aromatic N) is 2. The van der Waals surface area contributed by atoms with Crippen molar-refractivity contribution >= 4 is 68.2 Å². The summed E-state index contributed by atoms with van der Waals surface area (Å²) in [5.41, 5.74) is 4.88. The molecule has 0 saturated carbocycles. The summed E-state index contributed by atoms with van der Waals surface area (Å²) in [5, 5.41) is 1.09. The molecule has 1 aromatic heterocycles. The molecule has 244 valence electrons. The van der Waals surface area contributed by atoms with E-state index in [4.69, 9.17) is 37.7 Å². The lowest BCUT2D eigenvalue weighted by atomic mass is 9.91. The maximum absolute atomic E-state index is 14.3. The third kappa shape index (κ3) is 7.08. The van der Waals surface area contributed by atoms with Gasteiger partial charge in [0.05, 0.1) is 32.9 Å². The Morgan fingerprint density at radius 1 is 1.02 bits per heavy atom. The molecule has 0 saturated heterocycles. The van der Waals surface area contributed by atoms with Gasteiger partial charge < -0.3 is 9.47 Å². The van der Waals surface area contributed by atoms with E-state index < -0.39 is 12.0 Å². The molecule has 4 aromatic carbocycles. The molecule has 0 amide bonds. The molecular weight excluding hydrogens is 731 g/mol. The maximum Gasteiger partial charge on any atom is 0.338 e. The smallest absolute Gasteiger partial charge is 0.338 e. The summed E-state index contributed by atoms with van der Waals surface area (Å²) in [5.74, 6) is 0.440. The van der Waals surface area contributed by atoms with E-state index in [1.54, 1.807) is 23.6 Å². The predicted molar refractivity (Wildman–Crippen MR) is 197 cm³/mol. The Kier molecular flexibility index (Phi) is 10.4. The first-order valence-electron chi connectivity index (χ1n) is 15.4. The summed E-state index contributed by atoms with van der Waals surface area (Å²) < 4.78 is 14.4. The lowest BCUT2D eigenvalue weighted by Crippen LogP contribution is -2.40. The molecule has 6 nitrogen and oxygen atoms in total. The average molecular weight is 763 g/mol. The molecule has 1 aliphatic heterocycles. The Hall–Kier alpha value is -3.95. The van der Waals surface area contributed by atoms with Crippen LogP contribution in [0.15, 0.2) is 111 Å². The van der Waals surface area contributed by atoms with Gasteiger partial charge >= 0.3 is 5.97 Å². The van der Waals surface area contributed by atoms with Crippen LogP contribution in [0.25, 0.3) is 11.8 Å². The van der Waals surface area contributed by atoms with Crippen LogP contribution in [0.4, 0.5) is 0 Å². The summed E-state index contributed by atoms with van der Waals surface area (Å²) in [6, 6.07) is 27.7. The van der Waals surface area contributed by atoms with Crippen LogP contribution in [0.3, 0.4) is 0 Å². The third-order valence-electron chi connectivity index (χ3n) is 7.94. The van der Waals surface area contributed by atoms with Crippen LogP contribution in [-0.2, 0) is 16.1 Å². The molecule has 0 aliphatic carbocycles. The van der Waals surface area contributed by atoms with Crippen molar-refractivity contribution in [1.29, 1.82) is 0 Å². The van der Waals surface area contributed by atoms with Gasteiger partial charge in [0.25, 0.3) is 5.56 Å². The minimum absolute atomic E-state index is 0.190. The van der Waals surface area contributed by atoms with Gasteiger partial charge in [0.2, 0.25) is 0 Å². The summed E-state index contributed by atoms with van der Waals surface area (Å²) in [6.45, 7) is 6.47. The number of halogens is 3. The summed E-state index contributed by atoms with van der Waals surface area (Å²) >= 11 is 17.2. The highest BCUT2D eigenvalue weighted by Gasteiger charge is 2.35. The molecule has 6 rings (SSSR count). The number of aromatic nitrogens is 1. The fourth-order valence-corrected chi connectivity index (χ4v) is 7.46. The number of rotatable bonds is 9. The quantitative estimate of drug-likeness (QED) is 0.141. The van der Waals surface area contributed by atoms with Crippen LogP contribution in [0, 0.1) is 0 Å². The molecule has 1 atom stereocenters. The molecular formula is C38H31BrCl2N2O4S. The Morgan fingerprint density at radius 3 is 2.44 bits per heavy atom. The van der Waals surface area contributed by atoms with Gasteiger partial charge in [0.1, 0.15) is 12.4 Å². The van der Waals surface area contributed by atoms with Crippen molar-refractivity contribution in [2.24, 2.45) is 4.99 Å². The van der Waals surface area contributed by atoms with E-state index in [9.17, 15) is 9.59 Å². The topological polar surface area (TPSA) is 69.9 Å². The first kappa shape index (κ1) is 33.9. The van der Waals surface area contributed by atoms with E-state index in [0.717, 1.165) is 27.8 Å². The highest BCUT2D eigenvalue weighted by atomic mass is 79.9. The zero-order valence-corrected chi connectivity index (χ0v) is 30.3. The summed E-state index contributed by atoms with van der Waals surface area (Å²) in [6.07, 6.45) is 1.82. The number of carbonyl (C=O) groups is 1. The molecule has 5 aromatic rings. The van der Waals surface area contributed by atoms with Gasteiger partial charge in [-0.25, -0.2) is 9.79 Å². The molecule has 0 fully saturated rings. The standard InChI is InChI=1S/C38H31BrCl2N2O4S/c1-4-46-37(45)33-34(25-8-6-5-7-9-25)42-38-43(35(33)26-13-11-24(12-14-26)22(2)3)36(44)32(48-38)19-23-10-17-31(29(39)18-23)47-21-27-15-16-28(40)20-30(27)41/h5-20,22,35H,4,21H2,1-3H3/b32-19-/t35-/m0/s1. The largest absolute Gasteiger partial charge is 0.488 e. The number of carbonyl (C=O) groups excluding carboxylic acids is 1. The van der Waals surface area contributed by atoms with E-state index >= 15 is 0 Å². The maximum atomic E-state index is 14.3. The van der Waals surface area contributed by atoms with E-state index in [1.807, 2.05) is 84.9 Å². The first-order valence-corrected chi connectivity index (χ1v) is 17.8. The van der Waals surface area contributed by atoms with Crippen molar-refractivity contribution in [2.75, 3.05) is 6.61 Å². The van der Waals surface area contributed by atoms with E-state index in [2.05, 4.69) is 29.8 Å². The van der Waals surface area contributed by atoms with Crippen molar-refractivity contribution in [1.82, 2.24) is 4.57 Å². The highest BCUT2D eigenvalue weighted by Crippen LogP contribution is 2.36. The number of benzene rings is 4. The van der Waals surface area contributed by atoms with Crippen LogP contribution in [0.1, 0.15) is 60.5 Å². The molecule has 2 heterocycles. The number of fused-ring (bicyclic) bond motifs is 1. The van der Waals surface area contributed by atoms with E-state index in [0.29, 0.717) is 46.8 Å². The van der Waals surface area contributed by atoms with E-state index in [-0.39, 0.29) is 18.8 Å². The van der Waals surface area contributed by atoms with Crippen molar-refractivity contribution in [3.63, 3.8) is 0 Å². The minimum Gasteiger partial charge on any atom is -0.488 e. The van der Waals surface area contributed by atoms with Gasteiger partial charge in [-0.15, -0.1) is 0 Å². The molecule has 10 heteroatoms. The second-order valence-electron chi connectivity index (χ2n) is 11.5. The second-order valence-corrected chi connectivity index (χ2v) is 14.2. The van der Waals surface area contributed by atoms with Gasteiger partial charge in [0.15, 0.2) is 4.80 Å². The molecule has 48 heavy (non-hydrogen) atoms. The number of ether oxygens (including phenoxy) is 2. The molecule has 1 aliphatic rings. The lowest BCUT2D eigenvalue weighted by Gasteiger charge is -2.26. The fourth-order valence-electron chi connectivity index (χ4n) is 5.49. The zero-order valence-electron chi connectivity index (χ0n) is 26.4. The highest BCUT2D eigenvalue weighted by molar-refractivity contribution is 9.10. The Balaban J connectivity index is 1.45. The predicted octanol–water partition coefficient (Wildman–Crippen LogP) is 8.71. The first-order chi connectivity index (χ1) is 23.1. The third-order valence-corrected chi connectivity index (χ3v) is 10.1. The Labute approximate surface area is 300 Å². The second kappa shape index (κ2) is 14.7. The molecule has 0 unspecified atom stereocenters. The van der Waals surface area contributed by atoms with Gasteiger partial charge in [-0.2, -0.15) is 0 Å². The van der Waals surface area contributed by atoms with Gasteiger partial charge in [-0.05, 0) is 75.8 Å². The SMILES string of the molecule is CCOC(=O)C1=C(c2ccccc2)N=c2s/c(=C\c3ccc(OCc4ccc(Cl)cc4Cl)c(Br)c3)c(=O)n2[C@H]1c1ccc(C(C)C)cc1. The average Bonchev–Trinajstić information content (AvgIpc) is 3.38. The Bertz CT molecular complexity index is 2210. The summed E-state index contributed by atoms with van der Waals surface area (Å²) in [7, 11) is 0. The van der Waals surface area contributed by atoms with Crippen LogP contribution in [-0.4, -0.2) is 17.1 Å². The van der Waals surface area contributed by atoms with Crippen molar-refractivity contribution in [3.05, 3.63) is 159 Å². The number of esters is 1. The van der Waals surface area contributed by atoms with E-state index in [1.165, 1.54) is 11.3 Å². The van der Waals surface area contributed by atoms with Crippen LogP contribution < -0.4 is 19.6 Å². The van der Waals surface area contributed by atoms with Crippen molar-refractivity contribution < 1.29 is 14.3 Å². The zero-order chi connectivity index (χ0) is 33.9. The van der Waals surface area contributed by atoms with Gasteiger partial charge in [0, 0.05) is 21.2 Å². The normalized spacial score (nSPS) is 14.6. The molecule has 0 spiro atoms. The van der Waals surface area contributed by atoms with Crippen LogP contribution in [0.2, 0.25) is 10.0 Å². The van der Waals surface area contributed by atoms with Gasteiger partial charge in [-0.3, -0.25) is 9.36 Å². The van der Waals surface area contributed by atoms with Gasteiger partial charge in [-0.1, -0.05) is 115 Å². The van der Waals surface area contributed by atoms with Crippen molar-refractivity contribution in [3.8, 4) is 5.75 Å². The fraction of sp³-hybridized carbons (Fsp3) is 0.184. The van der Waals surface area contributed by atoms with Crippen LogP contribution in [0.5, 0.6) is 5.75 Å². The molecule has 0 N–H and O–H groups in total. The molecule has 0 bridgehead atoms. The monoisotopic (exact) mass is 760 g/mol. The molecule has 0 radical (unpaired) electrons. The van der Waals surface area contributed by atoms with Crippen LogP contribution >= 0.6 is 50.5 Å². The van der Waals surface area contributed by atoms with Crippen molar-refractivity contribution in [2.45, 2.75) is 39.3 Å². The summed E-state index contributed by atoms with van der Waals surface area (Å²) in [4.78, 5) is 33.4. The number of thiazole rings is 1. The number of hydrogen-bond donors (Lipinski definition) is 0. The lowest BCUT2D eigenvalue weighted by molar-refractivity contribution is -0.138. The number of hydrogen-bond acceptors (Lipinski definition) is 6. The minimum atomic E-state index is -0.735. The Morgan fingerprint density at radius 2 is 1.77 bits per heavy atom.